The molecule has 0 radical (unpaired) electrons. The van der Waals surface area contributed by atoms with Gasteiger partial charge in [-0.1, -0.05) is 18.2 Å². The van der Waals surface area contributed by atoms with Crippen LogP contribution in [0.4, 0.5) is 4.39 Å². The molecular weight excluding hydrogens is 257 g/mol. The normalized spacial score (nSPS) is 20.8. The van der Waals surface area contributed by atoms with E-state index in [1.165, 1.54) is 6.07 Å². The van der Waals surface area contributed by atoms with Crippen molar-refractivity contribution >= 4 is 5.91 Å². The molecule has 1 N–H and O–H groups in total. The Balaban J connectivity index is 2.16. The van der Waals surface area contributed by atoms with Crippen molar-refractivity contribution in [1.29, 1.82) is 0 Å². The van der Waals surface area contributed by atoms with Crippen molar-refractivity contribution in [2.75, 3.05) is 27.2 Å². The second-order valence-corrected chi connectivity index (χ2v) is 5.55. The molecule has 2 atom stereocenters. The van der Waals surface area contributed by atoms with E-state index in [0.29, 0.717) is 5.56 Å². The van der Waals surface area contributed by atoms with Crippen molar-refractivity contribution in [2.24, 2.45) is 0 Å². The summed E-state index contributed by atoms with van der Waals surface area (Å²) in [4.78, 5) is 15.9. The van der Waals surface area contributed by atoms with Crippen LogP contribution in [0.2, 0.25) is 0 Å². The maximum absolute atomic E-state index is 13.9. The van der Waals surface area contributed by atoms with Crippen molar-refractivity contribution in [3.8, 4) is 0 Å². The van der Waals surface area contributed by atoms with E-state index < -0.39 is 0 Å². The zero-order valence-corrected chi connectivity index (χ0v) is 12.3. The van der Waals surface area contributed by atoms with Gasteiger partial charge in [-0.25, -0.2) is 4.39 Å². The van der Waals surface area contributed by atoms with Gasteiger partial charge in [0, 0.05) is 11.6 Å². The van der Waals surface area contributed by atoms with Crippen LogP contribution in [0.25, 0.3) is 0 Å². The molecule has 1 aromatic carbocycles. The van der Waals surface area contributed by atoms with Crippen LogP contribution in [0.15, 0.2) is 24.3 Å². The first-order chi connectivity index (χ1) is 9.50. The number of hydrogen-bond acceptors (Lipinski definition) is 3. The summed E-state index contributed by atoms with van der Waals surface area (Å²) in [5.74, 6) is -0.242. The van der Waals surface area contributed by atoms with E-state index in [1.54, 1.807) is 23.1 Å². The molecule has 2 unspecified atom stereocenters. The van der Waals surface area contributed by atoms with Crippen LogP contribution in [-0.2, 0) is 4.79 Å². The summed E-state index contributed by atoms with van der Waals surface area (Å²) in [6, 6.07) is 6.70. The van der Waals surface area contributed by atoms with Gasteiger partial charge in [0.1, 0.15) is 12.0 Å². The summed E-state index contributed by atoms with van der Waals surface area (Å²) in [6.45, 7) is 3.18. The van der Waals surface area contributed by atoms with Crippen molar-refractivity contribution in [1.82, 2.24) is 15.1 Å². The zero-order valence-electron chi connectivity index (χ0n) is 12.3. The molecule has 1 amide bonds. The standard InChI is InChI=1S/C15H22FN3O/c1-11(8-9-18(2)3)19-14(20)10-17-15(19)12-6-4-5-7-13(12)16/h4-7,11,15,17H,8-10H2,1-3H3. The van der Waals surface area contributed by atoms with Gasteiger partial charge >= 0.3 is 0 Å². The fraction of sp³-hybridized carbons (Fsp3) is 0.533. The molecule has 1 aliphatic heterocycles. The Morgan fingerprint density at radius 2 is 2.15 bits per heavy atom. The molecule has 1 aliphatic rings. The van der Waals surface area contributed by atoms with Crippen molar-refractivity contribution < 1.29 is 9.18 Å². The Morgan fingerprint density at radius 3 is 2.80 bits per heavy atom. The third kappa shape index (κ3) is 3.16. The third-order valence-corrected chi connectivity index (χ3v) is 3.68. The first-order valence-corrected chi connectivity index (χ1v) is 6.94. The lowest BCUT2D eigenvalue weighted by molar-refractivity contribution is -0.130. The first-order valence-electron chi connectivity index (χ1n) is 6.94. The van der Waals surface area contributed by atoms with Gasteiger partial charge in [0.2, 0.25) is 5.91 Å². The second-order valence-electron chi connectivity index (χ2n) is 5.55. The largest absolute Gasteiger partial charge is 0.319 e. The Morgan fingerprint density at radius 1 is 1.45 bits per heavy atom. The number of benzene rings is 1. The van der Waals surface area contributed by atoms with Crippen LogP contribution in [0.1, 0.15) is 25.1 Å². The lowest BCUT2D eigenvalue weighted by Gasteiger charge is -2.31. The Kier molecular flexibility index (Phi) is 4.73. The molecule has 20 heavy (non-hydrogen) atoms. The number of carbonyl (C=O) groups excluding carboxylic acids is 1. The van der Waals surface area contributed by atoms with E-state index >= 15 is 0 Å². The van der Waals surface area contributed by atoms with Gasteiger partial charge in [-0.15, -0.1) is 0 Å². The van der Waals surface area contributed by atoms with Crippen LogP contribution >= 0.6 is 0 Å². The van der Waals surface area contributed by atoms with Gasteiger partial charge in [-0.3, -0.25) is 10.1 Å². The first kappa shape index (κ1) is 14.9. The van der Waals surface area contributed by atoms with Gasteiger partial charge in [-0.2, -0.15) is 0 Å². The molecule has 5 heteroatoms. The van der Waals surface area contributed by atoms with Crippen molar-refractivity contribution in [3.05, 3.63) is 35.6 Å². The smallest absolute Gasteiger partial charge is 0.238 e. The number of rotatable bonds is 5. The Hall–Kier alpha value is -1.46. The molecule has 0 bridgehead atoms. The highest BCUT2D eigenvalue weighted by molar-refractivity contribution is 5.81. The SMILES string of the molecule is CC(CCN(C)C)N1C(=O)CNC1c1ccccc1F. The summed E-state index contributed by atoms with van der Waals surface area (Å²) in [7, 11) is 4.01. The number of amides is 1. The number of halogens is 1. The topological polar surface area (TPSA) is 35.6 Å². The monoisotopic (exact) mass is 279 g/mol. The zero-order chi connectivity index (χ0) is 14.7. The minimum atomic E-state index is -0.360. The van der Waals surface area contributed by atoms with Gasteiger partial charge in [0.05, 0.1) is 6.54 Å². The van der Waals surface area contributed by atoms with Crippen LogP contribution in [0, 0.1) is 5.82 Å². The predicted molar refractivity (Wildman–Crippen MR) is 76.6 cm³/mol. The molecular formula is C15H22FN3O. The molecule has 0 spiro atoms. The van der Waals surface area contributed by atoms with Crippen molar-refractivity contribution in [2.45, 2.75) is 25.6 Å². The summed E-state index contributed by atoms with van der Waals surface area (Å²) in [5, 5.41) is 3.10. The molecule has 1 fully saturated rings. The Labute approximate surface area is 119 Å². The number of nitrogens with zero attached hydrogens (tertiary/aromatic N) is 2. The summed E-state index contributed by atoms with van der Waals surface area (Å²) in [6.07, 6.45) is 0.506. The van der Waals surface area contributed by atoms with Crippen LogP contribution < -0.4 is 5.32 Å². The fourth-order valence-electron chi connectivity index (χ4n) is 2.56. The van der Waals surface area contributed by atoms with Crippen molar-refractivity contribution in [3.63, 3.8) is 0 Å². The lowest BCUT2D eigenvalue weighted by Crippen LogP contribution is -2.39. The highest BCUT2D eigenvalue weighted by Gasteiger charge is 2.35. The Bertz CT molecular complexity index is 478. The molecule has 0 aromatic heterocycles. The number of carbonyl (C=O) groups is 1. The molecule has 1 saturated heterocycles. The average Bonchev–Trinajstić information content (AvgIpc) is 2.78. The van der Waals surface area contributed by atoms with Crippen LogP contribution in [0.5, 0.6) is 0 Å². The summed E-state index contributed by atoms with van der Waals surface area (Å²) >= 11 is 0. The molecule has 1 aromatic rings. The average molecular weight is 279 g/mol. The summed E-state index contributed by atoms with van der Waals surface area (Å²) < 4.78 is 13.9. The van der Waals surface area contributed by atoms with E-state index in [0.717, 1.165) is 13.0 Å². The number of nitrogens with one attached hydrogen (secondary N) is 1. The quantitative estimate of drug-likeness (QED) is 0.889. The van der Waals surface area contributed by atoms with E-state index in [4.69, 9.17) is 0 Å². The van der Waals surface area contributed by atoms with Gasteiger partial charge in [0.25, 0.3) is 0 Å². The summed E-state index contributed by atoms with van der Waals surface area (Å²) in [5.41, 5.74) is 0.537. The van der Waals surface area contributed by atoms with E-state index in [-0.39, 0.29) is 30.5 Å². The van der Waals surface area contributed by atoms with Gasteiger partial charge in [-0.05, 0) is 40.1 Å². The molecule has 0 saturated carbocycles. The van der Waals surface area contributed by atoms with Crippen LogP contribution in [0.3, 0.4) is 0 Å². The predicted octanol–water partition coefficient (Wildman–Crippen LogP) is 1.60. The maximum Gasteiger partial charge on any atom is 0.238 e. The lowest BCUT2D eigenvalue weighted by atomic mass is 10.1. The third-order valence-electron chi connectivity index (χ3n) is 3.68. The number of hydrogen-bond donors (Lipinski definition) is 1. The van der Waals surface area contributed by atoms with Gasteiger partial charge in [0.15, 0.2) is 0 Å². The minimum Gasteiger partial charge on any atom is -0.319 e. The molecule has 1 heterocycles. The highest BCUT2D eigenvalue weighted by atomic mass is 19.1. The van der Waals surface area contributed by atoms with E-state index in [2.05, 4.69) is 10.2 Å². The maximum atomic E-state index is 13.9. The molecule has 0 aliphatic carbocycles. The van der Waals surface area contributed by atoms with E-state index in [9.17, 15) is 9.18 Å². The molecule has 4 nitrogen and oxygen atoms in total. The fourth-order valence-corrected chi connectivity index (χ4v) is 2.56. The minimum absolute atomic E-state index is 0.0320. The molecule has 2 rings (SSSR count). The van der Waals surface area contributed by atoms with Gasteiger partial charge < -0.3 is 9.80 Å². The highest BCUT2D eigenvalue weighted by Crippen LogP contribution is 2.27. The molecule has 110 valence electrons. The second kappa shape index (κ2) is 6.33. The van der Waals surface area contributed by atoms with Crippen LogP contribution in [-0.4, -0.2) is 48.9 Å². The van der Waals surface area contributed by atoms with E-state index in [1.807, 2.05) is 21.0 Å².